The number of aromatic nitrogens is 2. The number of nitrogens with one attached hydrogen (secondary N) is 2. The summed E-state index contributed by atoms with van der Waals surface area (Å²) in [5.74, 6) is 0.166. The molecule has 0 saturated carbocycles. The van der Waals surface area contributed by atoms with Crippen molar-refractivity contribution in [1.82, 2.24) is 9.97 Å². The lowest BCUT2D eigenvalue weighted by Gasteiger charge is -2.06. The van der Waals surface area contributed by atoms with Gasteiger partial charge in [0.15, 0.2) is 0 Å². The van der Waals surface area contributed by atoms with Gasteiger partial charge in [-0.3, -0.25) is 9.78 Å². The van der Waals surface area contributed by atoms with Crippen LogP contribution in [0, 0.1) is 6.92 Å². The summed E-state index contributed by atoms with van der Waals surface area (Å²) in [5, 5.41) is 13.9. The smallest absolute Gasteiger partial charge is 0.255 e. The van der Waals surface area contributed by atoms with Crippen LogP contribution in [-0.2, 0) is 6.42 Å². The first-order valence-electron chi connectivity index (χ1n) is 6.57. The first-order valence-corrected chi connectivity index (χ1v) is 7.70. The number of hydrogen-bond acceptors (Lipinski definition) is 5. The number of hydrogen-bond donors (Lipinski definition) is 3. The summed E-state index contributed by atoms with van der Waals surface area (Å²) in [6.45, 7) is 1.56. The molecule has 0 spiro atoms. The minimum Gasteiger partial charge on any atom is -0.396 e. The Bertz CT molecular complexity index is 805. The molecule has 9 heteroatoms. The van der Waals surface area contributed by atoms with E-state index >= 15 is 0 Å². The molecule has 1 heterocycles. The van der Waals surface area contributed by atoms with Crippen LogP contribution in [0.3, 0.4) is 0 Å². The highest BCUT2D eigenvalue weighted by molar-refractivity contribution is 6.45. The maximum atomic E-state index is 11.9. The van der Waals surface area contributed by atoms with Crippen LogP contribution in [-0.4, -0.2) is 27.9 Å². The largest absolute Gasteiger partial charge is 0.396 e. The first-order chi connectivity index (χ1) is 10.9. The number of rotatable bonds is 5. The van der Waals surface area contributed by atoms with E-state index in [9.17, 15) is 4.79 Å². The molecule has 0 aliphatic heterocycles. The highest BCUT2D eigenvalue weighted by atomic mass is 35.5. The number of aliphatic hydroxyl groups excluding tert-OH is 1. The zero-order valence-corrected chi connectivity index (χ0v) is 14.3. The Kier molecular flexibility index (Phi) is 6.01. The van der Waals surface area contributed by atoms with E-state index in [4.69, 9.17) is 39.9 Å². The van der Waals surface area contributed by atoms with Crippen molar-refractivity contribution in [2.75, 3.05) is 12.0 Å². The number of benzene rings is 1. The van der Waals surface area contributed by atoms with Crippen LogP contribution < -0.4 is 11.0 Å². The van der Waals surface area contributed by atoms with E-state index in [-0.39, 0.29) is 29.6 Å². The molecule has 0 radical (unpaired) electrons. The van der Waals surface area contributed by atoms with Crippen LogP contribution in [0.2, 0.25) is 15.1 Å². The Morgan fingerprint density at radius 1 is 1.35 bits per heavy atom. The van der Waals surface area contributed by atoms with Gasteiger partial charge in [-0.1, -0.05) is 34.8 Å². The summed E-state index contributed by atoms with van der Waals surface area (Å²) in [4.78, 5) is 18.6. The summed E-state index contributed by atoms with van der Waals surface area (Å²) in [6.07, 6.45) is 1.62. The van der Waals surface area contributed by atoms with Crippen LogP contribution in [0.4, 0.5) is 5.95 Å². The van der Waals surface area contributed by atoms with Gasteiger partial charge in [-0.15, -0.1) is 0 Å². The number of halogens is 3. The molecule has 0 unspecified atom stereocenters. The van der Waals surface area contributed by atoms with E-state index < -0.39 is 0 Å². The summed E-state index contributed by atoms with van der Waals surface area (Å²) in [7, 11) is 0. The summed E-state index contributed by atoms with van der Waals surface area (Å²) >= 11 is 18.0. The quantitative estimate of drug-likeness (QED) is 0.426. The molecule has 3 N–H and O–H groups in total. The van der Waals surface area contributed by atoms with Gasteiger partial charge >= 0.3 is 0 Å². The Morgan fingerprint density at radius 3 is 2.70 bits per heavy atom. The average molecular weight is 376 g/mol. The Hall–Kier alpha value is -1.60. The maximum Gasteiger partial charge on any atom is 0.255 e. The molecule has 0 amide bonds. The summed E-state index contributed by atoms with van der Waals surface area (Å²) in [5.41, 5.74) is 3.66. The highest BCUT2D eigenvalue weighted by Gasteiger charge is 2.09. The van der Waals surface area contributed by atoms with Crippen molar-refractivity contribution < 1.29 is 5.11 Å². The zero-order valence-electron chi connectivity index (χ0n) is 12.0. The second kappa shape index (κ2) is 7.79. The summed E-state index contributed by atoms with van der Waals surface area (Å²) in [6, 6.07) is 3.18. The van der Waals surface area contributed by atoms with Gasteiger partial charge < -0.3 is 5.11 Å². The lowest BCUT2D eigenvalue weighted by atomic mass is 10.2. The third-order valence-electron chi connectivity index (χ3n) is 3.03. The third kappa shape index (κ3) is 4.23. The van der Waals surface area contributed by atoms with E-state index in [1.54, 1.807) is 19.1 Å². The molecule has 0 fully saturated rings. The van der Waals surface area contributed by atoms with Gasteiger partial charge in [0.1, 0.15) is 0 Å². The van der Waals surface area contributed by atoms with Crippen molar-refractivity contribution in [3.05, 3.63) is 54.4 Å². The highest BCUT2D eigenvalue weighted by Crippen LogP contribution is 2.29. The van der Waals surface area contributed by atoms with Gasteiger partial charge in [0.05, 0.1) is 27.0 Å². The predicted octanol–water partition coefficient (Wildman–Crippen LogP) is 3.02. The van der Waals surface area contributed by atoms with Crippen LogP contribution in [0.25, 0.3) is 0 Å². The van der Waals surface area contributed by atoms with Crippen molar-refractivity contribution in [2.45, 2.75) is 13.3 Å². The van der Waals surface area contributed by atoms with Gasteiger partial charge in [-0.05, 0) is 19.1 Å². The normalized spacial score (nSPS) is 11.2. The van der Waals surface area contributed by atoms with Crippen LogP contribution in [0.15, 0.2) is 22.0 Å². The molecule has 1 aromatic carbocycles. The molecule has 0 bridgehead atoms. The summed E-state index contributed by atoms with van der Waals surface area (Å²) < 4.78 is 0. The molecule has 2 aromatic rings. The average Bonchev–Trinajstić information content (AvgIpc) is 2.50. The van der Waals surface area contributed by atoms with E-state index in [2.05, 4.69) is 20.5 Å². The van der Waals surface area contributed by atoms with Gasteiger partial charge in [0, 0.05) is 24.2 Å². The SMILES string of the molecule is Cc1nc(N/N=C\c2c(Cl)ccc(Cl)c2Cl)[nH]c(=O)c1CCO. The van der Waals surface area contributed by atoms with Gasteiger partial charge in [-0.25, -0.2) is 10.4 Å². The first kappa shape index (κ1) is 17.7. The zero-order chi connectivity index (χ0) is 17.0. The molecule has 0 atom stereocenters. The van der Waals surface area contributed by atoms with Crippen molar-refractivity contribution in [3.8, 4) is 0 Å². The van der Waals surface area contributed by atoms with Crippen molar-refractivity contribution in [3.63, 3.8) is 0 Å². The Balaban J connectivity index is 2.22. The molecule has 0 saturated heterocycles. The molecule has 0 aliphatic rings. The fraction of sp³-hybridized carbons (Fsp3) is 0.214. The number of aromatic amines is 1. The number of nitrogens with zero attached hydrogens (tertiary/aromatic N) is 2. The number of hydrazone groups is 1. The van der Waals surface area contributed by atoms with Crippen LogP contribution >= 0.6 is 34.8 Å². The molecular weight excluding hydrogens is 363 g/mol. The van der Waals surface area contributed by atoms with Gasteiger partial charge in [0.25, 0.3) is 5.56 Å². The van der Waals surface area contributed by atoms with Gasteiger partial charge in [0.2, 0.25) is 5.95 Å². The molecule has 122 valence electrons. The Morgan fingerprint density at radius 2 is 2.04 bits per heavy atom. The van der Waals surface area contributed by atoms with Crippen molar-refractivity contribution in [1.29, 1.82) is 0 Å². The fourth-order valence-electron chi connectivity index (χ4n) is 1.89. The topological polar surface area (TPSA) is 90.4 Å². The molecule has 23 heavy (non-hydrogen) atoms. The number of anilines is 1. The maximum absolute atomic E-state index is 11.9. The monoisotopic (exact) mass is 374 g/mol. The minimum absolute atomic E-state index is 0.123. The fourth-order valence-corrected chi connectivity index (χ4v) is 2.52. The third-order valence-corrected chi connectivity index (χ3v) is 4.18. The number of aryl methyl sites for hydroxylation is 1. The predicted molar refractivity (Wildman–Crippen MR) is 93.1 cm³/mol. The second-order valence-electron chi connectivity index (χ2n) is 4.58. The molecule has 2 rings (SSSR count). The lowest BCUT2D eigenvalue weighted by Crippen LogP contribution is -2.19. The minimum atomic E-state index is -0.330. The van der Waals surface area contributed by atoms with Crippen molar-refractivity contribution >= 4 is 47.0 Å². The second-order valence-corrected chi connectivity index (χ2v) is 5.77. The molecular formula is C14H13Cl3N4O2. The van der Waals surface area contributed by atoms with Crippen LogP contribution in [0.1, 0.15) is 16.8 Å². The number of aliphatic hydroxyl groups is 1. The van der Waals surface area contributed by atoms with E-state index in [1.807, 2.05) is 0 Å². The van der Waals surface area contributed by atoms with E-state index in [0.717, 1.165) is 0 Å². The lowest BCUT2D eigenvalue weighted by molar-refractivity contribution is 0.298. The van der Waals surface area contributed by atoms with E-state index in [1.165, 1.54) is 6.21 Å². The Labute approximate surface area is 147 Å². The van der Waals surface area contributed by atoms with Crippen molar-refractivity contribution in [2.24, 2.45) is 5.10 Å². The molecule has 1 aromatic heterocycles. The number of H-pyrrole nitrogens is 1. The van der Waals surface area contributed by atoms with Gasteiger partial charge in [-0.2, -0.15) is 5.10 Å². The molecule has 6 nitrogen and oxygen atoms in total. The van der Waals surface area contributed by atoms with Crippen LogP contribution in [0.5, 0.6) is 0 Å². The standard InChI is InChI=1S/C14H13Cl3N4O2/c1-7-8(4-5-22)13(23)20-14(19-7)21-18-6-9-10(15)2-3-11(16)12(9)17/h2-3,6,22H,4-5H2,1H3,(H2,19,20,21,23)/b18-6-. The van der Waals surface area contributed by atoms with E-state index in [0.29, 0.717) is 26.9 Å². The molecule has 0 aliphatic carbocycles.